The molecule has 0 radical (unpaired) electrons. The largest absolute Gasteiger partial charge is 0.481 e. The Kier molecular flexibility index (Phi) is 9.55. The molecule has 2 aliphatic rings. The van der Waals surface area contributed by atoms with Crippen LogP contribution in [0, 0.1) is 11.8 Å². The minimum absolute atomic E-state index is 0.0733. The van der Waals surface area contributed by atoms with E-state index in [1.807, 2.05) is 84.9 Å². The van der Waals surface area contributed by atoms with Crippen molar-refractivity contribution in [2.24, 2.45) is 18.9 Å². The van der Waals surface area contributed by atoms with E-state index in [-0.39, 0.29) is 36.0 Å². The fourth-order valence-corrected chi connectivity index (χ4v) is 7.12. The minimum atomic E-state index is -0.831. The molecule has 3 aromatic carbocycles. The van der Waals surface area contributed by atoms with E-state index < -0.39 is 11.9 Å². The molecular formula is C39H41N5O6. The molecule has 1 saturated heterocycles. The Morgan fingerprint density at radius 1 is 0.820 bits per heavy atom. The van der Waals surface area contributed by atoms with Gasteiger partial charge in [0, 0.05) is 38.2 Å². The molecule has 258 valence electrons. The average Bonchev–Trinajstić information content (AvgIpc) is 3.75. The number of rotatable bonds is 11. The fraction of sp³-hybridized carbons (Fsp3) is 0.333. The summed E-state index contributed by atoms with van der Waals surface area (Å²) in [5.74, 6) is -0.653. The Hall–Kier alpha value is -5.58. The van der Waals surface area contributed by atoms with E-state index >= 15 is 0 Å². The predicted molar refractivity (Wildman–Crippen MR) is 190 cm³/mol. The number of para-hydroxylation sites is 1. The number of anilines is 1. The molecule has 1 atom stereocenters. The standard InChI is InChI=1S/C39H41N5O6/c1-42-35-31(40-30-17-15-28(16-18-30)37(45)43-22-21-29(23-43)38(46)47)13-8-14-32(35)44(39(42)48)33-19-20-34(49-24-26-9-4-2-5-10-26)41-36(33)50-25-27-11-6-3-7-12-27/h2-14,19-20,28-30,40H,15-18,21-25H2,1H3,(H,46,47)/t28?,29-,30?/m0/s1. The molecular weight excluding hydrogens is 634 g/mol. The topological polar surface area (TPSA) is 128 Å². The zero-order valence-corrected chi connectivity index (χ0v) is 28.0. The van der Waals surface area contributed by atoms with Crippen molar-refractivity contribution in [3.63, 3.8) is 0 Å². The number of likely N-dealkylation sites (tertiary alicyclic amines) is 1. The van der Waals surface area contributed by atoms with Crippen LogP contribution < -0.4 is 20.5 Å². The predicted octanol–water partition coefficient (Wildman–Crippen LogP) is 5.79. The molecule has 0 spiro atoms. The van der Waals surface area contributed by atoms with E-state index in [0.29, 0.717) is 43.2 Å². The van der Waals surface area contributed by atoms with Gasteiger partial charge in [-0.05, 0) is 61.4 Å². The number of aromatic nitrogens is 3. The summed E-state index contributed by atoms with van der Waals surface area (Å²) < 4.78 is 15.6. The Morgan fingerprint density at radius 2 is 1.50 bits per heavy atom. The van der Waals surface area contributed by atoms with E-state index in [4.69, 9.17) is 14.5 Å². The highest BCUT2D eigenvalue weighted by molar-refractivity contribution is 5.90. The maximum absolute atomic E-state index is 14.0. The van der Waals surface area contributed by atoms with Crippen molar-refractivity contribution in [1.82, 2.24) is 19.0 Å². The zero-order valence-electron chi connectivity index (χ0n) is 28.0. The van der Waals surface area contributed by atoms with Gasteiger partial charge in [-0.3, -0.25) is 18.7 Å². The van der Waals surface area contributed by atoms with Gasteiger partial charge in [0.05, 0.1) is 22.6 Å². The van der Waals surface area contributed by atoms with Crippen molar-refractivity contribution >= 4 is 28.6 Å². The third kappa shape index (κ3) is 6.94. The van der Waals surface area contributed by atoms with E-state index in [0.717, 1.165) is 48.0 Å². The van der Waals surface area contributed by atoms with Gasteiger partial charge in [-0.25, -0.2) is 4.79 Å². The van der Waals surface area contributed by atoms with Crippen molar-refractivity contribution in [2.75, 3.05) is 18.4 Å². The van der Waals surface area contributed by atoms with Crippen molar-refractivity contribution in [3.8, 4) is 17.4 Å². The Labute approximate surface area is 290 Å². The first-order valence-electron chi connectivity index (χ1n) is 17.2. The lowest BCUT2D eigenvalue weighted by Crippen LogP contribution is -2.38. The van der Waals surface area contributed by atoms with Crippen LogP contribution in [0.15, 0.2) is 95.8 Å². The second-order valence-corrected chi connectivity index (χ2v) is 13.2. The lowest BCUT2D eigenvalue weighted by molar-refractivity contribution is -0.141. The van der Waals surface area contributed by atoms with Gasteiger partial charge in [-0.1, -0.05) is 66.7 Å². The van der Waals surface area contributed by atoms with Gasteiger partial charge in [-0.2, -0.15) is 4.98 Å². The number of hydrogen-bond acceptors (Lipinski definition) is 7. The normalized spacial score (nSPS) is 19.0. The van der Waals surface area contributed by atoms with Crippen LogP contribution in [0.4, 0.5) is 5.69 Å². The lowest BCUT2D eigenvalue weighted by Gasteiger charge is -2.31. The number of pyridine rings is 1. The number of nitrogens with one attached hydrogen (secondary N) is 1. The number of carbonyl (C=O) groups is 2. The van der Waals surface area contributed by atoms with Gasteiger partial charge in [0.25, 0.3) is 0 Å². The van der Waals surface area contributed by atoms with Gasteiger partial charge in [0.2, 0.25) is 17.7 Å². The summed E-state index contributed by atoms with van der Waals surface area (Å²) in [5.41, 5.74) is 4.54. The number of aliphatic carboxylic acids is 1. The molecule has 1 aliphatic carbocycles. The third-order valence-corrected chi connectivity index (χ3v) is 9.86. The number of aryl methyl sites for hydroxylation is 1. The van der Waals surface area contributed by atoms with E-state index in [1.54, 1.807) is 27.1 Å². The molecule has 1 saturated carbocycles. The first-order valence-corrected chi connectivity index (χ1v) is 17.2. The summed E-state index contributed by atoms with van der Waals surface area (Å²) in [6.07, 6.45) is 3.57. The Balaban J connectivity index is 1.12. The summed E-state index contributed by atoms with van der Waals surface area (Å²) in [6.45, 7) is 1.42. The minimum Gasteiger partial charge on any atom is -0.481 e. The van der Waals surface area contributed by atoms with Crippen molar-refractivity contribution in [1.29, 1.82) is 0 Å². The number of hydrogen-bond donors (Lipinski definition) is 2. The molecule has 0 bridgehead atoms. The monoisotopic (exact) mass is 675 g/mol. The first-order chi connectivity index (χ1) is 24.4. The number of benzene rings is 3. The molecule has 3 heterocycles. The number of imidazole rings is 1. The molecule has 2 N–H and O–H groups in total. The summed E-state index contributed by atoms with van der Waals surface area (Å²) in [6, 6.07) is 29.2. The molecule has 2 fully saturated rings. The lowest BCUT2D eigenvalue weighted by atomic mass is 9.85. The average molecular weight is 676 g/mol. The van der Waals surface area contributed by atoms with E-state index in [2.05, 4.69) is 5.32 Å². The number of nitrogens with zero attached hydrogens (tertiary/aromatic N) is 4. The van der Waals surface area contributed by atoms with E-state index in [9.17, 15) is 19.5 Å². The number of ether oxygens (including phenoxy) is 2. The van der Waals surface area contributed by atoms with Gasteiger partial charge in [0.15, 0.2) is 0 Å². The molecule has 50 heavy (non-hydrogen) atoms. The smallest absolute Gasteiger partial charge is 0.333 e. The van der Waals surface area contributed by atoms with Crippen LogP contribution in [0.3, 0.4) is 0 Å². The maximum Gasteiger partial charge on any atom is 0.333 e. The first kappa shape index (κ1) is 32.9. The van der Waals surface area contributed by atoms with Crippen LogP contribution >= 0.6 is 0 Å². The number of amides is 1. The van der Waals surface area contributed by atoms with E-state index in [1.165, 1.54) is 0 Å². The van der Waals surface area contributed by atoms with Crippen LogP contribution in [0.1, 0.15) is 43.2 Å². The molecule has 11 nitrogen and oxygen atoms in total. The van der Waals surface area contributed by atoms with Crippen LogP contribution in [0.25, 0.3) is 16.7 Å². The number of carboxylic acid groups (broad SMARTS) is 1. The third-order valence-electron chi connectivity index (χ3n) is 9.86. The Bertz CT molecular complexity index is 2040. The second kappa shape index (κ2) is 14.5. The van der Waals surface area contributed by atoms with Crippen molar-refractivity contribution < 1.29 is 24.2 Å². The summed E-state index contributed by atoms with van der Waals surface area (Å²) in [5, 5.41) is 13.0. The SMILES string of the molecule is Cn1c(=O)n(-c2ccc(OCc3ccccc3)nc2OCc2ccccc2)c2cccc(NC3CCC(C(=O)N4CC[C@H](C(=O)O)C4)CC3)c21. The van der Waals surface area contributed by atoms with Gasteiger partial charge in [-0.15, -0.1) is 0 Å². The molecule has 0 unspecified atom stereocenters. The quantitative estimate of drug-likeness (QED) is 0.180. The van der Waals surface area contributed by atoms with Crippen LogP contribution in [0.2, 0.25) is 0 Å². The molecule has 7 rings (SSSR count). The second-order valence-electron chi connectivity index (χ2n) is 13.2. The highest BCUT2D eigenvalue weighted by atomic mass is 16.5. The summed E-state index contributed by atoms with van der Waals surface area (Å²) in [4.78, 5) is 45.0. The molecule has 2 aromatic heterocycles. The zero-order chi connectivity index (χ0) is 34.6. The van der Waals surface area contributed by atoms with Gasteiger partial charge >= 0.3 is 11.7 Å². The number of carbonyl (C=O) groups excluding carboxylic acids is 1. The fourth-order valence-electron chi connectivity index (χ4n) is 7.12. The van der Waals surface area contributed by atoms with Crippen molar-refractivity contribution in [2.45, 2.75) is 51.4 Å². The molecule has 11 heteroatoms. The summed E-state index contributed by atoms with van der Waals surface area (Å²) in [7, 11) is 1.76. The summed E-state index contributed by atoms with van der Waals surface area (Å²) >= 11 is 0. The molecule has 1 aliphatic heterocycles. The number of carboxylic acids is 1. The molecule has 5 aromatic rings. The highest BCUT2D eigenvalue weighted by Crippen LogP contribution is 2.34. The Morgan fingerprint density at radius 3 is 2.16 bits per heavy atom. The van der Waals surface area contributed by atoms with Crippen LogP contribution in [0.5, 0.6) is 11.8 Å². The van der Waals surface area contributed by atoms with Gasteiger partial charge < -0.3 is 24.8 Å². The van der Waals surface area contributed by atoms with Crippen LogP contribution in [-0.2, 0) is 29.9 Å². The number of fused-ring (bicyclic) bond motifs is 1. The maximum atomic E-state index is 14.0. The highest BCUT2D eigenvalue weighted by Gasteiger charge is 2.35. The van der Waals surface area contributed by atoms with Crippen molar-refractivity contribution in [3.05, 3.63) is 113 Å². The van der Waals surface area contributed by atoms with Crippen LogP contribution in [-0.4, -0.2) is 55.1 Å². The molecule has 1 amide bonds. The van der Waals surface area contributed by atoms with Gasteiger partial charge in [0.1, 0.15) is 18.9 Å².